The maximum atomic E-state index is 5.72. The summed E-state index contributed by atoms with van der Waals surface area (Å²) in [5, 5.41) is 2.96. The van der Waals surface area contributed by atoms with E-state index in [-0.39, 0.29) is 0 Å². The Balaban J connectivity index is 2.69. The zero-order chi connectivity index (χ0) is 13.2. The van der Waals surface area contributed by atoms with E-state index < -0.39 is 0 Å². The number of likely N-dealkylation sites (N-methyl/N-ethyl adjacent to an activating group) is 1. The van der Waals surface area contributed by atoms with E-state index in [2.05, 4.69) is 10.3 Å². The minimum Gasteiger partial charge on any atom is -0.458 e. The number of hydrogen-bond donors (Lipinski definition) is 2. The van der Waals surface area contributed by atoms with Crippen LogP contribution in [-0.2, 0) is 4.74 Å². The van der Waals surface area contributed by atoms with Gasteiger partial charge in [-0.05, 0) is 37.3 Å². The number of nitrogens with one attached hydrogen (secondary N) is 1. The average Bonchev–Trinajstić information content (AvgIpc) is 2.67. The summed E-state index contributed by atoms with van der Waals surface area (Å²) >= 11 is 0. The number of nitrogens with two attached hydrogens (primary N) is 1. The second-order valence-corrected chi connectivity index (χ2v) is 3.48. The standard InChI is InChI=1S/C14H19N3O/c1-3-13(7-6-12(11-15)16-2)18-14-5-4-9-17-10-8-14/h3-8,10-11,16H,9,15H2,1-2H3/b7-6-,12-11-,13-3+. The first-order valence-electron chi connectivity index (χ1n) is 5.78. The van der Waals surface area contributed by atoms with E-state index in [4.69, 9.17) is 10.5 Å². The first kappa shape index (κ1) is 13.8. The molecular formula is C14H19N3O. The van der Waals surface area contributed by atoms with Gasteiger partial charge in [0.1, 0.15) is 11.5 Å². The van der Waals surface area contributed by atoms with E-state index in [9.17, 15) is 0 Å². The van der Waals surface area contributed by atoms with Crippen molar-refractivity contribution in [2.75, 3.05) is 13.6 Å². The Morgan fingerprint density at radius 2 is 2.33 bits per heavy atom. The molecule has 1 heterocycles. The lowest BCUT2D eigenvalue weighted by Crippen LogP contribution is -2.05. The fourth-order valence-corrected chi connectivity index (χ4v) is 1.26. The Labute approximate surface area is 108 Å². The van der Waals surface area contributed by atoms with Crippen LogP contribution in [0.4, 0.5) is 0 Å². The molecule has 1 rings (SSSR count). The Hall–Kier alpha value is -2.23. The summed E-state index contributed by atoms with van der Waals surface area (Å²) in [6, 6.07) is 0. The van der Waals surface area contributed by atoms with Crippen LogP contribution in [0.15, 0.2) is 64.9 Å². The molecule has 96 valence electrons. The first-order chi connectivity index (χ1) is 8.80. The highest BCUT2D eigenvalue weighted by Gasteiger charge is 1.98. The number of allylic oxidation sites excluding steroid dienone is 5. The largest absolute Gasteiger partial charge is 0.458 e. The molecule has 1 aliphatic heterocycles. The highest BCUT2D eigenvalue weighted by Crippen LogP contribution is 2.11. The summed E-state index contributed by atoms with van der Waals surface area (Å²) in [6.07, 6.45) is 14.5. The summed E-state index contributed by atoms with van der Waals surface area (Å²) in [4.78, 5) is 4.11. The van der Waals surface area contributed by atoms with Crippen LogP contribution in [0.25, 0.3) is 0 Å². The monoisotopic (exact) mass is 245 g/mol. The predicted molar refractivity (Wildman–Crippen MR) is 75.9 cm³/mol. The van der Waals surface area contributed by atoms with Crippen LogP contribution < -0.4 is 11.1 Å². The van der Waals surface area contributed by atoms with Crippen molar-refractivity contribution in [2.45, 2.75) is 6.92 Å². The molecule has 0 spiro atoms. The lowest BCUT2D eigenvalue weighted by molar-refractivity contribution is 0.336. The number of hydrogen-bond acceptors (Lipinski definition) is 4. The van der Waals surface area contributed by atoms with Crippen LogP contribution in [0.3, 0.4) is 0 Å². The van der Waals surface area contributed by atoms with Gasteiger partial charge in [-0.2, -0.15) is 0 Å². The van der Waals surface area contributed by atoms with Gasteiger partial charge < -0.3 is 15.8 Å². The fraction of sp³-hybridized carbons (Fsp3) is 0.214. The minimum absolute atomic E-state index is 0.685. The highest BCUT2D eigenvalue weighted by atomic mass is 16.5. The first-order valence-corrected chi connectivity index (χ1v) is 5.78. The van der Waals surface area contributed by atoms with Crippen molar-refractivity contribution >= 4 is 6.21 Å². The van der Waals surface area contributed by atoms with Crippen molar-refractivity contribution in [3.63, 3.8) is 0 Å². The molecule has 4 heteroatoms. The lowest BCUT2D eigenvalue weighted by Gasteiger charge is -2.06. The molecule has 0 aromatic heterocycles. The van der Waals surface area contributed by atoms with Crippen molar-refractivity contribution in [1.29, 1.82) is 0 Å². The predicted octanol–water partition coefficient (Wildman–Crippen LogP) is 2.01. The molecule has 0 aliphatic carbocycles. The molecule has 18 heavy (non-hydrogen) atoms. The van der Waals surface area contributed by atoms with Gasteiger partial charge in [0.25, 0.3) is 0 Å². The molecule has 0 unspecified atom stereocenters. The van der Waals surface area contributed by atoms with Crippen molar-refractivity contribution < 1.29 is 4.74 Å². The van der Waals surface area contributed by atoms with Gasteiger partial charge >= 0.3 is 0 Å². The fourth-order valence-electron chi connectivity index (χ4n) is 1.26. The number of rotatable bonds is 5. The molecule has 3 N–H and O–H groups in total. The molecule has 0 saturated carbocycles. The second-order valence-electron chi connectivity index (χ2n) is 3.48. The van der Waals surface area contributed by atoms with Crippen molar-refractivity contribution in [1.82, 2.24) is 5.32 Å². The molecule has 0 aromatic rings. The highest BCUT2D eigenvalue weighted by molar-refractivity contribution is 5.73. The SMILES string of the molecule is C\C=C(/C=C\C(=C\N)NC)OC1=CC=NCC=C1. The van der Waals surface area contributed by atoms with Gasteiger partial charge in [0.05, 0.1) is 6.54 Å². The molecule has 4 nitrogen and oxygen atoms in total. The summed E-state index contributed by atoms with van der Waals surface area (Å²) in [5.41, 5.74) is 6.26. The van der Waals surface area contributed by atoms with Crippen LogP contribution in [0.5, 0.6) is 0 Å². The van der Waals surface area contributed by atoms with Gasteiger partial charge in [0.15, 0.2) is 0 Å². The topological polar surface area (TPSA) is 59.6 Å². The summed E-state index contributed by atoms with van der Waals surface area (Å²) in [6.45, 7) is 2.60. The van der Waals surface area contributed by atoms with E-state index in [0.29, 0.717) is 6.54 Å². The third-order valence-electron chi connectivity index (χ3n) is 2.25. The zero-order valence-electron chi connectivity index (χ0n) is 10.8. The van der Waals surface area contributed by atoms with Gasteiger partial charge in [-0.3, -0.25) is 4.99 Å². The number of aliphatic imine (C=N–C) groups is 1. The van der Waals surface area contributed by atoms with Gasteiger partial charge in [-0.15, -0.1) is 0 Å². The van der Waals surface area contributed by atoms with E-state index in [1.807, 2.05) is 50.4 Å². The molecule has 0 saturated heterocycles. The third-order valence-corrected chi connectivity index (χ3v) is 2.25. The Kier molecular flexibility index (Phi) is 6.11. The van der Waals surface area contributed by atoms with Gasteiger partial charge in [-0.25, -0.2) is 0 Å². The molecule has 0 atom stereocenters. The maximum absolute atomic E-state index is 5.72. The van der Waals surface area contributed by atoms with E-state index in [1.54, 1.807) is 6.21 Å². The quantitative estimate of drug-likeness (QED) is 0.575. The average molecular weight is 245 g/mol. The van der Waals surface area contributed by atoms with Crippen molar-refractivity contribution in [3.05, 3.63) is 59.9 Å². The maximum Gasteiger partial charge on any atom is 0.128 e. The van der Waals surface area contributed by atoms with Crippen LogP contribution in [0, 0.1) is 0 Å². The third kappa shape index (κ3) is 4.74. The molecule has 0 radical (unpaired) electrons. The summed E-state index contributed by atoms with van der Waals surface area (Å²) in [7, 11) is 1.81. The summed E-state index contributed by atoms with van der Waals surface area (Å²) < 4.78 is 5.72. The van der Waals surface area contributed by atoms with Crippen molar-refractivity contribution in [2.24, 2.45) is 10.7 Å². The molecule has 0 aromatic carbocycles. The molecule has 0 bridgehead atoms. The van der Waals surface area contributed by atoms with E-state index in [1.165, 1.54) is 6.20 Å². The Morgan fingerprint density at radius 1 is 1.50 bits per heavy atom. The smallest absolute Gasteiger partial charge is 0.128 e. The minimum atomic E-state index is 0.685. The molecule has 0 amide bonds. The zero-order valence-corrected chi connectivity index (χ0v) is 10.8. The number of ether oxygens (including phenoxy) is 1. The van der Waals surface area contributed by atoms with E-state index in [0.717, 1.165) is 17.2 Å². The Morgan fingerprint density at radius 3 is 3.00 bits per heavy atom. The normalized spacial score (nSPS) is 16.7. The molecule has 1 aliphatic rings. The lowest BCUT2D eigenvalue weighted by atomic mass is 10.3. The van der Waals surface area contributed by atoms with E-state index >= 15 is 0 Å². The van der Waals surface area contributed by atoms with Crippen LogP contribution >= 0.6 is 0 Å². The second kappa shape index (κ2) is 7.95. The van der Waals surface area contributed by atoms with Gasteiger partial charge in [-0.1, -0.05) is 6.08 Å². The number of nitrogens with zero attached hydrogens (tertiary/aromatic N) is 1. The van der Waals surface area contributed by atoms with Crippen molar-refractivity contribution in [3.8, 4) is 0 Å². The van der Waals surface area contributed by atoms with Crippen LogP contribution in [-0.4, -0.2) is 19.8 Å². The molecule has 0 fully saturated rings. The van der Waals surface area contributed by atoms with Gasteiger partial charge in [0.2, 0.25) is 0 Å². The Bertz CT molecular complexity index is 440. The van der Waals surface area contributed by atoms with Crippen LogP contribution in [0.2, 0.25) is 0 Å². The molecular weight excluding hydrogens is 226 g/mol. The van der Waals surface area contributed by atoms with Gasteiger partial charge in [0, 0.05) is 25.2 Å². The van der Waals surface area contributed by atoms with Crippen LogP contribution in [0.1, 0.15) is 6.92 Å². The summed E-state index contributed by atoms with van der Waals surface area (Å²) in [5.74, 6) is 1.51.